The number of halogens is 1. The minimum Gasteiger partial charge on any atom is -0.481 e. The fraction of sp³-hybridized carbons (Fsp3) is 0.235. The molecular formula is C17H17ClO3. The molecule has 0 saturated heterocycles. The maximum Gasteiger partial charge on any atom is 0.307 e. The molecule has 0 aliphatic carbocycles. The minimum atomic E-state index is -0.891. The van der Waals surface area contributed by atoms with Gasteiger partial charge in [-0.15, -0.1) is 0 Å². The van der Waals surface area contributed by atoms with Crippen LogP contribution in [0.1, 0.15) is 22.3 Å². The largest absolute Gasteiger partial charge is 0.481 e. The summed E-state index contributed by atoms with van der Waals surface area (Å²) in [6.07, 6.45) is -0.0834. The van der Waals surface area contributed by atoms with Crippen molar-refractivity contribution >= 4 is 17.6 Å². The predicted molar refractivity (Wildman–Crippen MR) is 83.5 cm³/mol. The summed E-state index contributed by atoms with van der Waals surface area (Å²) in [4.78, 5) is 11.0. The van der Waals surface area contributed by atoms with Crippen molar-refractivity contribution < 1.29 is 14.6 Å². The molecule has 4 heteroatoms. The first kappa shape index (κ1) is 15.4. The third kappa shape index (κ3) is 3.76. The average Bonchev–Trinajstić information content (AvgIpc) is 2.38. The topological polar surface area (TPSA) is 46.5 Å². The molecule has 0 bridgehead atoms. The summed E-state index contributed by atoms with van der Waals surface area (Å²) in [7, 11) is 0. The van der Waals surface area contributed by atoms with Crippen LogP contribution in [0.5, 0.6) is 11.5 Å². The van der Waals surface area contributed by atoms with Crippen LogP contribution in [0, 0.1) is 20.8 Å². The zero-order valence-electron chi connectivity index (χ0n) is 12.2. The van der Waals surface area contributed by atoms with Gasteiger partial charge in [-0.25, -0.2) is 0 Å². The van der Waals surface area contributed by atoms with E-state index in [1.165, 1.54) is 0 Å². The molecule has 0 saturated carbocycles. The van der Waals surface area contributed by atoms with Crippen LogP contribution in [0.3, 0.4) is 0 Å². The molecule has 2 rings (SSSR count). The summed E-state index contributed by atoms with van der Waals surface area (Å²) in [5.74, 6) is 0.168. The van der Waals surface area contributed by atoms with Crippen LogP contribution in [-0.2, 0) is 11.2 Å². The van der Waals surface area contributed by atoms with Crippen molar-refractivity contribution in [1.82, 2.24) is 0 Å². The summed E-state index contributed by atoms with van der Waals surface area (Å²) in [6.45, 7) is 5.86. The van der Waals surface area contributed by atoms with Gasteiger partial charge in [0.15, 0.2) is 0 Å². The van der Waals surface area contributed by atoms with E-state index in [0.717, 1.165) is 16.7 Å². The van der Waals surface area contributed by atoms with Gasteiger partial charge in [-0.3, -0.25) is 4.79 Å². The van der Waals surface area contributed by atoms with Gasteiger partial charge in [0.25, 0.3) is 0 Å². The molecule has 0 aliphatic rings. The molecule has 0 radical (unpaired) electrons. The smallest absolute Gasteiger partial charge is 0.307 e. The first-order valence-corrected chi connectivity index (χ1v) is 7.00. The van der Waals surface area contributed by atoms with E-state index in [0.29, 0.717) is 22.1 Å². The van der Waals surface area contributed by atoms with Gasteiger partial charge in [-0.05, 0) is 55.7 Å². The highest BCUT2D eigenvalue weighted by Crippen LogP contribution is 2.33. The number of carbonyl (C=O) groups is 1. The summed E-state index contributed by atoms with van der Waals surface area (Å²) in [5, 5.41) is 9.54. The molecule has 110 valence electrons. The molecule has 0 atom stereocenters. The van der Waals surface area contributed by atoms with Crippen molar-refractivity contribution in [2.75, 3.05) is 0 Å². The van der Waals surface area contributed by atoms with Gasteiger partial charge >= 0.3 is 5.97 Å². The van der Waals surface area contributed by atoms with Crippen molar-refractivity contribution in [2.45, 2.75) is 27.2 Å². The average molecular weight is 305 g/mol. The van der Waals surface area contributed by atoms with Gasteiger partial charge < -0.3 is 9.84 Å². The highest BCUT2D eigenvalue weighted by Gasteiger charge is 2.12. The number of benzene rings is 2. The second-order valence-electron chi connectivity index (χ2n) is 5.15. The van der Waals surface area contributed by atoms with E-state index in [4.69, 9.17) is 21.4 Å². The Hall–Kier alpha value is -2.00. The van der Waals surface area contributed by atoms with Crippen LogP contribution in [0.25, 0.3) is 0 Å². The lowest BCUT2D eigenvalue weighted by molar-refractivity contribution is -0.136. The van der Waals surface area contributed by atoms with E-state index in [1.807, 2.05) is 45.0 Å². The van der Waals surface area contributed by atoms with Crippen molar-refractivity contribution in [2.24, 2.45) is 0 Å². The fourth-order valence-electron chi connectivity index (χ4n) is 2.05. The van der Waals surface area contributed by atoms with Crippen LogP contribution in [0.2, 0.25) is 5.02 Å². The van der Waals surface area contributed by atoms with E-state index < -0.39 is 5.97 Å². The Bertz CT molecular complexity index is 693. The molecular weight excluding hydrogens is 288 g/mol. The first-order chi connectivity index (χ1) is 9.86. The van der Waals surface area contributed by atoms with E-state index in [-0.39, 0.29) is 6.42 Å². The Kier molecular flexibility index (Phi) is 4.53. The van der Waals surface area contributed by atoms with Gasteiger partial charge in [0, 0.05) is 5.56 Å². The van der Waals surface area contributed by atoms with E-state index >= 15 is 0 Å². The number of aliphatic carboxylic acids is 1. The lowest BCUT2D eigenvalue weighted by Gasteiger charge is -2.14. The molecule has 21 heavy (non-hydrogen) atoms. The second-order valence-corrected chi connectivity index (χ2v) is 5.56. The van der Waals surface area contributed by atoms with E-state index in [1.54, 1.807) is 6.07 Å². The molecule has 0 heterocycles. The number of hydrogen-bond donors (Lipinski definition) is 1. The number of rotatable bonds is 4. The van der Waals surface area contributed by atoms with Crippen LogP contribution < -0.4 is 4.74 Å². The molecule has 0 spiro atoms. The summed E-state index contributed by atoms with van der Waals surface area (Å²) in [6, 6.07) is 9.20. The number of hydrogen-bond acceptors (Lipinski definition) is 2. The van der Waals surface area contributed by atoms with Crippen molar-refractivity contribution in [3.8, 4) is 11.5 Å². The molecule has 0 aliphatic heterocycles. The van der Waals surface area contributed by atoms with Crippen molar-refractivity contribution in [1.29, 1.82) is 0 Å². The minimum absolute atomic E-state index is 0.0834. The number of carboxylic acids is 1. The summed E-state index contributed by atoms with van der Waals surface area (Å²) in [5.41, 5.74) is 3.76. The molecule has 0 aromatic heterocycles. The third-order valence-corrected chi connectivity index (χ3v) is 3.62. The number of carboxylic acid groups (broad SMARTS) is 1. The van der Waals surface area contributed by atoms with Gasteiger partial charge in [0.1, 0.15) is 11.5 Å². The van der Waals surface area contributed by atoms with Crippen LogP contribution in [-0.4, -0.2) is 11.1 Å². The first-order valence-electron chi connectivity index (χ1n) is 6.62. The molecule has 2 aromatic rings. The Balaban J connectivity index is 2.42. The van der Waals surface area contributed by atoms with Gasteiger partial charge in [0.05, 0.1) is 11.4 Å². The van der Waals surface area contributed by atoms with Crippen molar-refractivity contribution in [3.63, 3.8) is 0 Å². The van der Waals surface area contributed by atoms with E-state index in [9.17, 15) is 4.79 Å². The maximum atomic E-state index is 11.0. The Labute approximate surface area is 129 Å². The zero-order chi connectivity index (χ0) is 15.6. The third-order valence-electron chi connectivity index (χ3n) is 3.33. The predicted octanol–water partition coefficient (Wildman–Crippen LogP) is 4.68. The Morgan fingerprint density at radius 3 is 2.38 bits per heavy atom. The molecule has 0 fully saturated rings. The SMILES string of the molecule is Cc1ccc(Oc2cc(C)c(C)cc2CC(=O)O)c(Cl)c1. The normalized spacial score (nSPS) is 10.5. The maximum absolute atomic E-state index is 11.0. The molecule has 0 amide bonds. The highest BCUT2D eigenvalue weighted by atomic mass is 35.5. The monoisotopic (exact) mass is 304 g/mol. The second kappa shape index (κ2) is 6.19. The zero-order valence-corrected chi connectivity index (χ0v) is 13.0. The van der Waals surface area contributed by atoms with Crippen LogP contribution in [0.15, 0.2) is 30.3 Å². The fourth-order valence-corrected chi connectivity index (χ4v) is 2.33. The van der Waals surface area contributed by atoms with Crippen LogP contribution >= 0.6 is 11.6 Å². The lowest BCUT2D eigenvalue weighted by Crippen LogP contribution is -2.03. The van der Waals surface area contributed by atoms with Gasteiger partial charge in [-0.1, -0.05) is 23.7 Å². The number of ether oxygens (including phenoxy) is 1. The highest BCUT2D eigenvalue weighted by molar-refractivity contribution is 6.32. The van der Waals surface area contributed by atoms with Gasteiger partial charge in [-0.2, -0.15) is 0 Å². The van der Waals surface area contributed by atoms with E-state index in [2.05, 4.69) is 0 Å². The quantitative estimate of drug-likeness (QED) is 0.891. The Morgan fingerprint density at radius 1 is 1.10 bits per heavy atom. The summed E-state index contributed by atoms with van der Waals surface area (Å²) >= 11 is 6.17. The summed E-state index contributed by atoms with van der Waals surface area (Å²) < 4.78 is 5.84. The standard InChI is InChI=1S/C17H17ClO3/c1-10-4-5-15(14(18)6-10)21-16-8-12(3)11(2)7-13(16)9-17(19)20/h4-8H,9H2,1-3H3,(H,19,20). The Morgan fingerprint density at radius 2 is 1.76 bits per heavy atom. The molecule has 0 unspecified atom stereocenters. The molecule has 2 aromatic carbocycles. The molecule has 3 nitrogen and oxygen atoms in total. The molecule has 1 N–H and O–H groups in total. The number of aryl methyl sites for hydroxylation is 3. The lowest BCUT2D eigenvalue weighted by atomic mass is 10.0. The van der Waals surface area contributed by atoms with Crippen molar-refractivity contribution in [3.05, 3.63) is 57.6 Å². The van der Waals surface area contributed by atoms with Crippen LogP contribution in [0.4, 0.5) is 0 Å². The van der Waals surface area contributed by atoms with Gasteiger partial charge in [0.2, 0.25) is 0 Å².